The van der Waals surface area contributed by atoms with E-state index in [4.69, 9.17) is 21.1 Å². The summed E-state index contributed by atoms with van der Waals surface area (Å²) in [6.07, 6.45) is 2.05. The number of nitrogens with zero attached hydrogens (tertiary/aromatic N) is 3. The van der Waals surface area contributed by atoms with Gasteiger partial charge in [-0.25, -0.2) is 9.97 Å². The minimum atomic E-state index is 0.211. The summed E-state index contributed by atoms with van der Waals surface area (Å²) >= 11 is 6.20. The smallest absolute Gasteiger partial charge is 0.224 e. The maximum Gasteiger partial charge on any atom is 0.224 e. The molecule has 1 aliphatic rings. The number of fused-ring (bicyclic) bond motifs is 1. The van der Waals surface area contributed by atoms with Crippen molar-refractivity contribution in [3.05, 3.63) is 47.2 Å². The van der Waals surface area contributed by atoms with E-state index < -0.39 is 0 Å². The number of nitrogens with one attached hydrogen (secondary N) is 2. The van der Waals surface area contributed by atoms with Crippen molar-refractivity contribution in [1.29, 1.82) is 0 Å². The summed E-state index contributed by atoms with van der Waals surface area (Å²) in [5, 5.41) is 7.95. The third-order valence-electron chi connectivity index (χ3n) is 5.78. The molecule has 0 aliphatic carbocycles. The number of likely N-dealkylation sites (tertiary alicyclic amines) is 1. The average Bonchev–Trinajstić information content (AvgIpc) is 2.79. The van der Waals surface area contributed by atoms with Crippen molar-refractivity contribution in [3.8, 4) is 11.5 Å². The molecule has 0 bridgehead atoms. The molecule has 1 aliphatic heterocycles. The third-order valence-corrected chi connectivity index (χ3v) is 5.95. The fourth-order valence-corrected chi connectivity index (χ4v) is 4.28. The number of halogens is 1. The van der Waals surface area contributed by atoms with Crippen LogP contribution in [0.4, 0.5) is 11.5 Å². The van der Waals surface area contributed by atoms with E-state index in [1.165, 1.54) is 11.3 Å². The first-order valence-electron chi connectivity index (χ1n) is 10.4. The molecule has 31 heavy (non-hydrogen) atoms. The van der Waals surface area contributed by atoms with Crippen LogP contribution >= 0.6 is 11.6 Å². The standard InChI is InChI=1S/C23H28ClN5O2/c1-25-18-7-5-4-6-15(18)14-29-10-8-16(9-11-29)26-22-17-12-20(30-2)21(31-3)13-19(17)27-23(24)28-22/h4-7,12-13,16,25H,8-11,14H2,1-3H3,(H,26,27,28). The van der Waals surface area contributed by atoms with Gasteiger partial charge in [-0.15, -0.1) is 0 Å². The molecule has 2 aromatic carbocycles. The van der Waals surface area contributed by atoms with E-state index in [1.54, 1.807) is 14.2 Å². The molecular formula is C23H28ClN5O2. The van der Waals surface area contributed by atoms with Gasteiger partial charge < -0.3 is 20.1 Å². The number of rotatable bonds is 7. The van der Waals surface area contributed by atoms with Crippen molar-refractivity contribution in [1.82, 2.24) is 14.9 Å². The normalized spacial score (nSPS) is 15.1. The average molecular weight is 442 g/mol. The monoisotopic (exact) mass is 441 g/mol. The first kappa shape index (κ1) is 21.5. The number of hydrogen-bond donors (Lipinski definition) is 2. The number of benzene rings is 2. The molecule has 0 radical (unpaired) electrons. The predicted octanol–water partition coefficient (Wildman–Crippen LogP) is 4.42. The van der Waals surface area contributed by atoms with Gasteiger partial charge in [0.1, 0.15) is 5.82 Å². The molecule has 2 N–H and O–H groups in total. The van der Waals surface area contributed by atoms with Gasteiger partial charge in [0.2, 0.25) is 5.28 Å². The van der Waals surface area contributed by atoms with Crippen LogP contribution in [0.3, 0.4) is 0 Å². The second kappa shape index (κ2) is 9.58. The third kappa shape index (κ3) is 4.78. The van der Waals surface area contributed by atoms with Crippen molar-refractivity contribution in [2.24, 2.45) is 0 Å². The van der Waals surface area contributed by atoms with Crippen molar-refractivity contribution >= 4 is 34.0 Å². The zero-order chi connectivity index (χ0) is 21.8. The van der Waals surface area contributed by atoms with Gasteiger partial charge >= 0.3 is 0 Å². The number of para-hydroxylation sites is 1. The van der Waals surface area contributed by atoms with E-state index in [9.17, 15) is 0 Å². The first-order valence-corrected chi connectivity index (χ1v) is 10.8. The summed E-state index contributed by atoms with van der Waals surface area (Å²) in [5.74, 6) is 1.99. The van der Waals surface area contributed by atoms with Crippen molar-refractivity contribution in [2.75, 3.05) is 45.0 Å². The van der Waals surface area contributed by atoms with Crippen LogP contribution in [-0.2, 0) is 6.54 Å². The lowest BCUT2D eigenvalue weighted by molar-refractivity contribution is 0.211. The number of piperidine rings is 1. The van der Waals surface area contributed by atoms with Crippen molar-refractivity contribution in [2.45, 2.75) is 25.4 Å². The Bertz CT molecular complexity index is 1050. The van der Waals surface area contributed by atoms with Crippen LogP contribution in [-0.4, -0.2) is 55.3 Å². The Hall–Kier alpha value is -2.77. The molecule has 2 heterocycles. The maximum absolute atomic E-state index is 6.20. The molecule has 164 valence electrons. The Kier molecular flexibility index (Phi) is 6.63. The lowest BCUT2D eigenvalue weighted by Gasteiger charge is -2.33. The molecule has 8 heteroatoms. The molecule has 0 unspecified atom stereocenters. The van der Waals surface area contributed by atoms with Crippen LogP contribution in [0.2, 0.25) is 5.28 Å². The SMILES string of the molecule is CNc1ccccc1CN1CCC(Nc2nc(Cl)nc3cc(OC)c(OC)cc23)CC1. The van der Waals surface area contributed by atoms with Gasteiger partial charge in [0.25, 0.3) is 0 Å². The highest BCUT2D eigenvalue weighted by molar-refractivity contribution is 6.28. The Morgan fingerprint density at radius 3 is 2.48 bits per heavy atom. The van der Waals surface area contributed by atoms with Gasteiger partial charge in [-0.2, -0.15) is 0 Å². The second-order valence-electron chi connectivity index (χ2n) is 7.67. The van der Waals surface area contributed by atoms with Crippen LogP contribution in [0, 0.1) is 0 Å². The van der Waals surface area contributed by atoms with Gasteiger partial charge in [-0.05, 0) is 42.1 Å². The van der Waals surface area contributed by atoms with Gasteiger partial charge in [0.05, 0.1) is 19.7 Å². The maximum atomic E-state index is 6.20. The molecular weight excluding hydrogens is 414 g/mol. The quantitative estimate of drug-likeness (QED) is 0.526. The van der Waals surface area contributed by atoms with Gasteiger partial charge in [0, 0.05) is 49.9 Å². The summed E-state index contributed by atoms with van der Waals surface area (Å²) < 4.78 is 10.8. The van der Waals surface area contributed by atoms with E-state index in [0.29, 0.717) is 17.5 Å². The molecule has 0 atom stereocenters. The first-order chi connectivity index (χ1) is 15.1. The summed E-state index contributed by atoms with van der Waals surface area (Å²) in [6.45, 7) is 2.98. The molecule has 0 saturated carbocycles. The summed E-state index contributed by atoms with van der Waals surface area (Å²) in [5.41, 5.74) is 3.24. The molecule has 7 nitrogen and oxygen atoms in total. The van der Waals surface area contributed by atoms with E-state index in [-0.39, 0.29) is 5.28 Å². The highest BCUT2D eigenvalue weighted by atomic mass is 35.5. The topological polar surface area (TPSA) is 71.5 Å². The van der Waals surface area contributed by atoms with Gasteiger partial charge in [-0.1, -0.05) is 18.2 Å². The number of methoxy groups -OCH3 is 2. The van der Waals surface area contributed by atoms with Crippen LogP contribution in [0.5, 0.6) is 11.5 Å². The molecule has 1 saturated heterocycles. The van der Waals surface area contributed by atoms with Gasteiger partial charge in [0.15, 0.2) is 11.5 Å². The molecule has 0 amide bonds. The number of ether oxygens (including phenoxy) is 2. The van der Waals surface area contributed by atoms with E-state index in [1.807, 2.05) is 19.2 Å². The van der Waals surface area contributed by atoms with E-state index in [0.717, 1.165) is 49.2 Å². The molecule has 4 rings (SSSR count). The van der Waals surface area contributed by atoms with Gasteiger partial charge in [-0.3, -0.25) is 4.90 Å². The lowest BCUT2D eigenvalue weighted by atomic mass is 10.0. The van der Waals surface area contributed by atoms with Crippen LogP contribution in [0.25, 0.3) is 10.9 Å². The molecule has 3 aromatic rings. The van der Waals surface area contributed by atoms with E-state index >= 15 is 0 Å². The van der Waals surface area contributed by atoms with E-state index in [2.05, 4.69) is 49.8 Å². The fraction of sp³-hybridized carbons (Fsp3) is 0.391. The fourth-order valence-electron chi connectivity index (χ4n) is 4.11. The highest BCUT2D eigenvalue weighted by Crippen LogP contribution is 2.35. The molecule has 1 fully saturated rings. The van der Waals surface area contributed by atoms with Crippen molar-refractivity contribution < 1.29 is 9.47 Å². The Labute approximate surface area is 187 Å². The minimum absolute atomic E-state index is 0.211. The van der Waals surface area contributed by atoms with Crippen LogP contribution < -0.4 is 20.1 Å². The molecule has 1 aromatic heterocycles. The minimum Gasteiger partial charge on any atom is -0.493 e. The van der Waals surface area contributed by atoms with Crippen LogP contribution in [0.15, 0.2) is 36.4 Å². The Morgan fingerprint density at radius 2 is 1.77 bits per heavy atom. The Balaban J connectivity index is 1.47. The van der Waals surface area contributed by atoms with Crippen molar-refractivity contribution in [3.63, 3.8) is 0 Å². The van der Waals surface area contributed by atoms with Crippen LogP contribution in [0.1, 0.15) is 18.4 Å². The zero-order valence-electron chi connectivity index (χ0n) is 18.1. The summed E-state index contributed by atoms with van der Waals surface area (Å²) in [4.78, 5) is 11.3. The highest BCUT2D eigenvalue weighted by Gasteiger charge is 2.22. The lowest BCUT2D eigenvalue weighted by Crippen LogP contribution is -2.39. The summed E-state index contributed by atoms with van der Waals surface area (Å²) in [6, 6.07) is 12.5. The summed E-state index contributed by atoms with van der Waals surface area (Å²) in [7, 11) is 5.20. The number of anilines is 2. The largest absolute Gasteiger partial charge is 0.493 e. The number of hydrogen-bond acceptors (Lipinski definition) is 7. The predicted molar refractivity (Wildman–Crippen MR) is 126 cm³/mol. The zero-order valence-corrected chi connectivity index (χ0v) is 18.9. The Morgan fingerprint density at radius 1 is 1.06 bits per heavy atom. The molecule has 0 spiro atoms. The second-order valence-corrected chi connectivity index (χ2v) is 8.01. The number of aromatic nitrogens is 2.